The molecule has 3 N–H and O–H groups in total. The molecule has 3 nitrogen and oxygen atoms in total. The average molecular weight is 173 g/mol. The quantitative estimate of drug-likeness (QED) is 0.627. The van der Waals surface area contributed by atoms with E-state index in [-0.39, 0.29) is 0 Å². The van der Waals surface area contributed by atoms with Crippen molar-refractivity contribution in [2.24, 2.45) is 0 Å². The number of nitrogens with two attached hydrogens (primary N) is 1. The molecule has 0 aromatic heterocycles. The van der Waals surface area contributed by atoms with Crippen molar-refractivity contribution in [3.8, 4) is 6.07 Å². The van der Waals surface area contributed by atoms with E-state index in [1.165, 1.54) is 0 Å². The largest absolute Gasteiger partial charge is 0.398 e. The van der Waals surface area contributed by atoms with Crippen molar-refractivity contribution in [3.63, 3.8) is 0 Å². The van der Waals surface area contributed by atoms with Gasteiger partial charge in [-0.05, 0) is 36.7 Å². The summed E-state index contributed by atoms with van der Waals surface area (Å²) in [5, 5.41) is 12.0. The van der Waals surface area contributed by atoms with E-state index < -0.39 is 0 Å². The lowest BCUT2D eigenvalue weighted by atomic mass is 9.95. The lowest BCUT2D eigenvalue weighted by Crippen LogP contribution is -2.35. The molecule has 0 aliphatic carbocycles. The van der Waals surface area contributed by atoms with Gasteiger partial charge in [0, 0.05) is 11.7 Å². The first kappa shape index (κ1) is 8.09. The Labute approximate surface area is 77.2 Å². The first-order valence-electron chi connectivity index (χ1n) is 4.34. The third kappa shape index (κ3) is 1.36. The van der Waals surface area contributed by atoms with Crippen LogP contribution in [0.15, 0.2) is 18.2 Å². The van der Waals surface area contributed by atoms with Gasteiger partial charge < -0.3 is 11.1 Å². The number of nitrogens with zero attached hydrogens (tertiary/aromatic N) is 1. The summed E-state index contributed by atoms with van der Waals surface area (Å²) in [5.74, 6) is 0. The van der Waals surface area contributed by atoms with Gasteiger partial charge in [-0.2, -0.15) is 5.26 Å². The van der Waals surface area contributed by atoms with Crippen LogP contribution in [0.1, 0.15) is 23.6 Å². The maximum atomic E-state index is 8.71. The van der Waals surface area contributed by atoms with E-state index in [0.29, 0.717) is 11.6 Å². The van der Waals surface area contributed by atoms with Crippen LogP contribution in [0, 0.1) is 11.3 Å². The van der Waals surface area contributed by atoms with Crippen molar-refractivity contribution < 1.29 is 0 Å². The van der Waals surface area contributed by atoms with Crippen LogP contribution in [-0.2, 0) is 0 Å². The molecule has 13 heavy (non-hydrogen) atoms. The van der Waals surface area contributed by atoms with Gasteiger partial charge in [-0.15, -0.1) is 0 Å². The molecule has 1 aliphatic heterocycles. The molecule has 1 atom stereocenters. The van der Waals surface area contributed by atoms with Crippen LogP contribution in [0.3, 0.4) is 0 Å². The number of hydrogen-bond acceptors (Lipinski definition) is 3. The van der Waals surface area contributed by atoms with Crippen molar-refractivity contribution in [1.82, 2.24) is 5.32 Å². The maximum Gasteiger partial charge on any atom is 0.0991 e. The van der Waals surface area contributed by atoms with Crippen LogP contribution in [0.5, 0.6) is 0 Å². The van der Waals surface area contributed by atoms with E-state index in [0.717, 1.165) is 24.2 Å². The van der Waals surface area contributed by atoms with E-state index in [4.69, 9.17) is 11.0 Å². The number of anilines is 1. The highest BCUT2D eigenvalue weighted by atomic mass is 15.0. The van der Waals surface area contributed by atoms with Crippen molar-refractivity contribution in [2.45, 2.75) is 12.5 Å². The van der Waals surface area contributed by atoms with Gasteiger partial charge in [-0.3, -0.25) is 0 Å². The fourth-order valence-electron chi connectivity index (χ4n) is 1.50. The second kappa shape index (κ2) is 3.08. The predicted molar refractivity (Wildman–Crippen MR) is 50.9 cm³/mol. The molecule has 1 saturated heterocycles. The monoisotopic (exact) mass is 173 g/mol. The molecular formula is C10H11N3. The van der Waals surface area contributed by atoms with Gasteiger partial charge in [-0.25, -0.2) is 0 Å². The Morgan fingerprint density at radius 3 is 2.85 bits per heavy atom. The number of nitriles is 1. The topological polar surface area (TPSA) is 61.8 Å². The fourth-order valence-corrected chi connectivity index (χ4v) is 1.50. The average Bonchev–Trinajstić information content (AvgIpc) is 2.06. The highest BCUT2D eigenvalue weighted by Gasteiger charge is 2.20. The molecule has 66 valence electrons. The van der Waals surface area contributed by atoms with E-state index in [2.05, 4.69) is 11.4 Å². The van der Waals surface area contributed by atoms with Crippen LogP contribution in [-0.4, -0.2) is 6.54 Å². The van der Waals surface area contributed by atoms with Crippen LogP contribution in [0.2, 0.25) is 0 Å². The van der Waals surface area contributed by atoms with Gasteiger partial charge in [0.1, 0.15) is 0 Å². The summed E-state index contributed by atoms with van der Waals surface area (Å²) >= 11 is 0. The van der Waals surface area contributed by atoms with Crippen molar-refractivity contribution in [1.29, 1.82) is 5.26 Å². The Morgan fingerprint density at radius 1 is 1.54 bits per heavy atom. The first-order chi connectivity index (χ1) is 6.31. The van der Waals surface area contributed by atoms with Gasteiger partial charge in [-0.1, -0.05) is 0 Å². The number of hydrogen-bond donors (Lipinski definition) is 2. The van der Waals surface area contributed by atoms with Crippen LogP contribution in [0.25, 0.3) is 0 Å². The molecule has 1 fully saturated rings. The summed E-state index contributed by atoms with van der Waals surface area (Å²) in [5.41, 5.74) is 8.32. The number of nitrogens with one attached hydrogen (secondary N) is 1. The van der Waals surface area contributed by atoms with Crippen molar-refractivity contribution in [3.05, 3.63) is 29.3 Å². The third-order valence-electron chi connectivity index (χ3n) is 2.42. The molecule has 3 heteroatoms. The Balaban J connectivity index is 2.37. The normalized spacial score (nSPS) is 20.4. The predicted octanol–water partition coefficient (Wildman–Crippen LogP) is 1.17. The highest BCUT2D eigenvalue weighted by molar-refractivity contribution is 5.53. The summed E-state index contributed by atoms with van der Waals surface area (Å²) in [4.78, 5) is 0. The summed E-state index contributed by atoms with van der Waals surface area (Å²) in [6, 6.07) is 7.88. The molecule has 1 heterocycles. The smallest absolute Gasteiger partial charge is 0.0991 e. The maximum absolute atomic E-state index is 8.71. The summed E-state index contributed by atoms with van der Waals surface area (Å²) < 4.78 is 0. The minimum absolute atomic E-state index is 0.355. The van der Waals surface area contributed by atoms with E-state index in [1.807, 2.05) is 6.07 Å². The lowest BCUT2D eigenvalue weighted by molar-refractivity contribution is 0.384. The zero-order valence-corrected chi connectivity index (χ0v) is 7.25. The molecule has 0 unspecified atom stereocenters. The first-order valence-corrected chi connectivity index (χ1v) is 4.34. The van der Waals surface area contributed by atoms with Gasteiger partial charge in [0.15, 0.2) is 0 Å². The number of nitrogen functional groups attached to an aromatic ring is 1. The molecule has 2 rings (SSSR count). The highest BCUT2D eigenvalue weighted by Crippen LogP contribution is 2.28. The molecule has 1 aromatic rings. The fraction of sp³-hybridized carbons (Fsp3) is 0.300. The Bertz CT molecular complexity index is 361. The van der Waals surface area contributed by atoms with Gasteiger partial charge in [0.2, 0.25) is 0 Å². The lowest BCUT2D eigenvalue weighted by Gasteiger charge is -2.29. The molecule has 0 amide bonds. The van der Waals surface area contributed by atoms with Crippen LogP contribution < -0.4 is 11.1 Å². The summed E-state index contributed by atoms with van der Waals surface area (Å²) in [7, 11) is 0. The minimum atomic E-state index is 0.355. The van der Waals surface area contributed by atoms with Crippen LogP contribution >= 0.6 is 0 Å². The molecular weight excluding hydrogens is 162 g/mol. The number of rotatable bonds is 1. The minimum Gasteiger partial charge on any atom is -0.398 e. The van der Waals surface area contributed by atoms with E-state index in [1.54, 1.807) is 12.1 Å². The second-order valence-corrected chi connectivity index (χ2v) is 3.25. The zero-order valence-electron chi connectivity index (χ0n) is 7.25. The zero-order chi connectivity index (χ0) is 9.26. The third-order valence-corrected chi connectivity index (χ3v) is 2.42. The Kier molecular flexibility index (Phi) is 1.91. The molecule has 0 bridgehead atoms. The standard InChI is InChI=1S/C10H11N3/c11-6-7-1-2-9(12)8(5-7)10-3-4-13-10/h1-2,5,10,13H,3-4,12H2/t10-/m0/s1. The molecule has 0 radical (unpaired) electrons. The molecule has 0 spiro atoms. The number of benzene rings is 1. The van der Waals surface area contributed by atoms with Crippen LogP contribution in [0.4, 0.5) is 5.69 Å². The summed E-state index contributed by atoms with van der Waals surface area (Å²) in [6.07, 6.45) is 1.11. The van der Waals surface area contributed by atoms with Crippen molar-refractivity contribution in [2.75, 3.05) is 12.3 Å². The van der Waals surface area contributed by atoms with E-state index >= 15 is 0 Å². The van der Waals surface area contributed by atoms with Gasteiger partial charge in [0.25, 0.3) is 0 Å². The van der Waals surface area contributed by atoms with Gasteiger partial charge in [0.05, 0.1) is 11.6 Å². The molecule has 0 saturated carbocycles. The van der Waals surface area contributed by atoms with Crippen molar-refractivity contribution >= 4 is 5.69 Å². The molecule has 1 aromatic carbocycles. The summed E-state index contributed by atoms with van der Waals surface area (Å²) in [6.45, 7) is 1.04. The SMILES string of the molecule is N#Cc1ccc(N)c([C@@H]2CCN2)c1. The Morgan fingerprint density at radius 2 is 2.31 bits per heavy atom. The molecule has 1 aliphatic rings. The Hall–Kier alpha value is -1.53. The second-order valence-electron chi connectivity index (χ2n) is 3.25. The van der Waals surface area contributed by atoms with E-state index in [9.17, 15) is 0 Å². The van der Waals surface area contributed by atoms with Gasteiger partial charge >= 0.3 is 0 Å².